The Morgan fingerprint density at radius 1 is 1.33 bits per heavy atom. The fraction of sp³-hybridized carbons (Fsp3) is 0.579. The molecule has 0 aliphatic carbocycles. The minimum atomic E-state index is -0.0512. The number of anilines is 1. The number of ether oxygens (including phenoxy) is 1. The molecule has 2 aliphatic heterocycles. The van der Waals surface area contributed by atoms with Crippen molar-refractivity contribution in [1.82, 2.24) is 25.1 Å². The van der Waals surface area contributed by atoms with E-state index in [0.29, 0.717) is 12.3 Å². The molecule has 2 aromatic heterocycles. The second-order valence-electron chi connectivity index (χ2n) is 7.43. The zero-order valence-corrected chi connectivity index (χ0v) is 15.9. The average Bonchev–Trinajstić information content (AvgIpc) is 3.19. The smallest absolute Gasteiger partial charge is 0.269 e. The van der Waals surface area contributed by atoms with Gasteiger partial charge in [-0.1, -0.05) is 0 Å². The molecule has 0 aromatic carbocycles. The molecule has 8 nitrogen and oxygen atoms in total. The number of nitrogens with zero attached hydrogens (tertiary/aromatic N) is 5. The molecular weight excluding hydrogens is 344 g/mol. The first-order valence-corrected chi connectivity index (χ1v) is 9.63. The predicted octanol–water partition coefficient (Wildman–Crippen LogP) is 1.73. The highest BCUT2D eigenvalue weighted by Gasteiger charge is 2.25. The molecule has 0 unspecified atom stereocenters. The van der Waals surface area contributed by atoms with Gasteiger partial charge in [0.1, 0.15) is 5.69 Å². The number of aromatic nitrogens is 4. The molecule has 1 amide bonds. The zero-order chi connectivity index (χ0) is 18.8. The third kappa shape index (κ3) is 3.80. The lowest BCUT2D eigenvalue weighted by molar-refractivity contribution is 0.0918. The fourth-order valence-electron chi connectivity index (χ4n) is 3.66. The maximum Gasteiger partial charge on any atom is 0.269 e. The Labute approximate surface area is 158 Å². The number of fused-ring (bicyclic) bond motifs is 1. The number of hydrogen-bond acceptors (Lipinski definition) is 6. The molecule has 0 radical (unpaired) electrons. The molecule has 0 saturated carbocycles. The SMILES string of the molecule is CC(C)n1nccc1C(=O)NC1CCN(c2ncc3c(n2)CCOC3)CC1. The van der Waals surface area contributed by atoms with Crippen LogP contribution < -0.4 is 10.2 Å². The highest BCUT2D eigenvalue weighted by Crippen LogP contribution is 2.20. The average molecular weight is 370 g/mol. The van der Waals surface area contributed by atoms with E-state index in [-0.39, 0.29) is 18.0 Å². The molecule has 1 N–H and O–H groups in total. The Bertz CT molecular complexity index is 810. The Hall–Kier alpha value is -2.48. The Morgan fingerprint density at radius 2 is 2.15 bits per heavy atom. The van der Waals surface area contributed by atoms with E-state index in [1.54, 1.807) is 16.9 Å². The van der Waals surface area contributed by atoms with Gasteiger partial charge in [0.05, 0.1) is 18.9 Å². The van der Waals surface area contributed by atoms with E-state index in [0.717, 1.165) is 56.2 Å². The Kier molecular flexibility index (Phi) is 5.07. The van der Waals surface area contributed by atoms with Gasteiger partial charge in [0.25, 0.3) is 5.91 Å². The van der Waals surface area contributed by atoms with E-state index in [1.807, 2.05) is 20.0 Å². The lowest BCUT2D eigenvalue weighted by atomic mass is 10.0. The van der Waals surface area contributed by atoms with Gasteiger partial charge in [-0.15, -0.1) is 0 Å². The van der Waals surface area contributed by atoms with Gasteiger partial charge in [-0.25, -0.2) is 9.97 Å². The number of nitrogens with one attached hydrogen (secondary N) is 1. The summed E-state index contributed by atoms with van der Waals surface area (Å²) in [6.45, 7) is 7.05. The summed E-state index contributed by atoms with van der Waals surface area (Å²) in [5.74, 6) is 0.739. The van der Waals surface area contributed by atoms with Crippen LogP contribution in [0.4, 0.5) is 5.95 Å². The van der Waals surface area contributed by atoms with Crippen molar-refractivity contribution in [3.8, 4) is 0 Å². The van der Waals surface area contributed by atoms with E-state index in [1.165, 1.54) is 0 Å². The zero-order valence-electron chi connectivity index (χ0n) is 15.9. The van der Waals surface area contributed by atoms with Crippen molar-refractivity contribution in [1.29, 1.82) is 0 Å². The molecule has 144 valence electrons. The summed E-state index contributed by atoms with van der Waals surface area (Å²) in [4.78, 5) is 24.0. The highest BCUT2D eigenvalue weighted by molar-refractivity contribution is 5.92. The normalized spacial score (nSPS) is 17.8. The lowest BCUT2D eigenvalue weighted by Gasteiger charge is -2.33. The Balaban J connectivity index is 1.35. The fourth-order valence-corrected chi connectivity index (χ4v) is 3.66. The minimum Gasteiger partial charge on any atom is -0.376 e. The molecule has 8 heteroatoms. The minimum absolute atomic E-state index is 0.0512. The summed E-state index contributed by atoms with van der Waals surface area (Å²) in [5.41, 5.74) is 2.81. The van der Waals surface area contributed by atoms with E-state index in [2.05, 4.69) is 20.3 Å². The second-order valence-corrected chi connectivity index (χ2v) is 7.43. The molecule has 27 heavy (non-hydrogen) atoms. The van der Waals surface area contributed by atoms with Crippen LogP contribution in [0.1, 0.15) is 54.5 Å². The van der Waals surface area contributed by atoms with Crippen molar-refractivity contribution < 1.29 is 9.53 Å². The summed E-state index contributed by atoms with van der Waals surface area (Å²) in [6.07, 6.45) is 6.17. The van der Waals surface area contributed by atoms with Gasteiger partial charge >= 0.3 is 0 Å². The van der Waals surface area contributed by atoms with Crippen LogP contribution in [0.2, 0.25) is 0 Å². The van der Waals surface area contributed by atoms with E-state index >= 15 is 0 Å². The van der Waals surface area contributed by atoms with Crippen molar-refractivity contribution >= 4 is 11.9 Å². The van der Waals surface area contributed by atoms with Crippen LogP contribution in [0.3, 0.4) is 0 Å². The summed E-state index contributed by atoms with van der Waals surface area (Å²) in [6, 6.07) is 2.10. The summed E-state index contributed by atoms with van der Waals surface area (Å²) < 4.78 is 7.21. The molecule has 1 saturated heterocycles. The highest BCUT2D eigenvalue weighted by atomic mass is 16.5. The van der Waals surface area contributed by atoms with E-state index in [4.69, 9.17) is 9.72 Å². The van der Waals surface area contributed by atoms with Crippen LogP contribution in [0.25, 0.3) is 0 Å². The molecule has 1 fully saturated rings. The van der Waals surface area contributed by atoms with Crippen LogP contribution in [-0.2, 0) is 17.8 Å². The largest absolute Gasteiger partial charge is 0.376 e. The van der Waals surface area contributed by atoms with Crippen molar-refractivity contribution in [3.63, 3.8) is 0 Å². The summed E-state index contributed by atoms with van der Waals surface area (Å²) in [7, 11) is 0. The molecule has 4 heterocycles. The van der Waals surface area contributed by atoms with Crippen LogP contribution in [0.15, 0.2) is 18.5 Å². The maximum atomic E-state index is 12.6. The van der Waals surface area contributed by atoms with Gasteiger partial charge in [-0.3, -0.25) is 9.48 Å². The summed E-state index contributed by atoms with van der Waals surface area (Å²) >= 11 is 0. The van der Waals surface area contributed by atoms with E-state index < -0.39 is 0 Å². The molecule has 0 bridgehead atoms. The van der Waals surface area contributed by atoms with Crippen LogP contribution in [0.5, 0.6) is 0 Å². The monoisotopic (exact) mass is 370 g/mol. The number of carbonyl (C=O) groups is 1. The van der Waals surface area contributed by atoms with Gasteiger partial charge in [0.2, 0.25) is 5.95 Å². The summed E-state index contributed by atoms with van der Waals surface area (Å²) in [5, 5.41) is 7.39. The standard InChI is InChI=1S/C19H26N6O2/c1-13(2)25-17(3-7-21-25)18(26)22-15-4-8-24(9-5-15)19-20-11-14-12-27-10-6-16(14)23-19/h3,7,11,13,15H,4-6,8-10,12H2,1-2H3,(H,22,26). The number of rotatable bonds is 4. The molecule has 2 aromatic rings. The van der Waals surface area contributed by atoms with Gasteiger partial charge in [-0.2, -0.15) is 5.10 Å². The predicted molar refractivity (Wildman–Crippen MR) is 101 cm³/mol. The first kappa shape index (κ1) is 17.9. The van der Waals surface area contributed by atoms with Crippen LogP contribution in [-0.4, -0.2) is 51.4 Å². The number of piperidine rings is 1. The topological polar surface area (TPSA) is 85.2 Å². The van der Waals surface area contributed by atoms with Crippen LogP contribution >= 0.6 is 0 Å². The molecule has 0 spiro atoms. The molecule has 0 atom stereocenters. The van der Waals surface area contributed by atoms with Gasteiger partial charge in [0, 0.05) is 49.6 Å². The van der Waals surface area contributed by atoms with Crippen molar-refractivity contribution in [2.24, 2.45) is 0 Å². The van der Waals surface area contributed by atoms with Crippen molar-refractivity contribution in [3.05, 3.63) is 35.4 Å². The van der Waals surface area contributed by atoms with Crippen molar-refractivity contribution in [2.45, 2.75) is 51.8 Å². The number of carbonyl (C=O) groups excluding carboxylic acids is 1. The molecule has 2 aliphatic rings. The molecular formula is C19H26N6O2. The van der Waals surface area contributed by atoms with Crippen molar-refractivity contribution in [2.75, 3.05) is 24.6 Å². The van der Waals surface area contributed by atoms with Gasteiger partial charge in [-0.05, 0) is 32.8 Å². The third-order valence-electron chi connectivity index (χ3n) is 5.19. The third-order valence-corrected chi connectivity index (χ3v) is 5.19. The first-order valence-electron chi connectivity index (χ1n) is 9.63. The molecule has 4 rings (SSSR count). The quantitative estimate of drug-likeness (QED) is 0.882. The maximum absolute atomic E-state index is 12.6. The number of hydrogen-bond donors (Lipinski definition) is 1. The first-order chi connectivity index (χ1) is 13.1. The lowest BCUT2D eigenvalue weighted by Crippen LogP contribution is -2.45. The number of amides is 1. The van der Waals surface area contributed by atoms with Gasteiger partial charge < -0.3 is 15.0 Å². The van der Waals surface area contributed by atoms with Crippen LogP contribution in [0, 0.1) is 0 Å². The second kappa shape index (κ2) is 7.64. The van der Waals surface area contributed by atoms with Gasteiger partial charge in [0.15, 0.2) is 0 Å². The van der Waals surface area contributed by atoms with E-state index in [9.17, 15) is 4.79 Å². The Morgan fingerprint density at radius 3 is 2.93 bits per heavy atom.